The van der Waals surface area contributed by atoms with Gasteiger partial charge in [-0.15, -0.1) is 0 Å². The van der Waals surface area contributed by atoms with Crippen LogP contribution in [0, 0.1) is 6.92 Å². The summed E-state index contributed by atoms with van der Waals surface area (Å²) < 4.78 is 1.97. The Morgan fingerprint density at radius 3 is 2.52 bits per heavy atom. The minimum absolute atomic E-state index is 0.0114. The third kappa shape index (κ3) is 3.89. The second kappa shape index (κ2) is 7.55. The average Bonchev–Trinajstić information content (AvgIpc) is 3.12. The molecule has 2 amide bonds. The van der Waals surface area contributed by atoms with E-state index in [-0.39, 0.29) is 11.8 Å². The minimum Gasteiger partial charge on any atom is -0.339 e. The van der Waals surface area contributed by atoms with Gasteiger partial charge in [-0.05, 0) is 37.8 Å². The number of aryl methyl sites for hydroxylation is 3. The highest BCUT2D eigenvalue weighted by Crippen LogP contribution is 2.17. The third-order valence-electron chi connectivity index (χ3n) is 5.49. The highest BCUT2D eigenvalue weighted by atomic mass is 16.2. The lowest BCUT2D eigenvalue weighted by atomic mass is 10.1. The first-order chi connectivity index (χ1) is 13.1. The number of nitrogens with zero attached hydrogens (tertiary/aromatic N) is 4. The monoisotopic (exact) mass is 366 g/mol. The Morgan fingerprint density at radius 2 is 1.78 bits per heavy atom. The lowest BCUT2D eigenvalue weighted by Gasteiger charge is -2.34. The lowest BCUT2D eigenvalue weighted by Crippen LogP contribution is -2.51. The van der Waals surface area contributed by atoms with Crippen LogP contribution in [0.5, 0.6) is 0 Å². The zero-order chi connectivity index (χ0) is 18.8. The molecule has 4 rings (SSSR count). The fraction of sp³-hybridized carbons (Fsp3) is 0.476. The molecular formula is C21H26N4O2. The molecule has 0 atom stereocenters. The van der Waals surface area contributed by atoms with Crippen LogP contribution in [0.1, 0.15) is 40.2 Å². The summed E-state index contributed by atoms with van der Waals surface area (Å²) >= 11 is 0. The summed E-state index contributed by atoms with van der Waals surface area (Å²) in [7, 11) is 0. The first-order valence-electron chi connectivity index (χ1n) is 9.79. The summed E-state index contributed by atoms with van der Waals surface area (Å²) in [6.07, 6.45) is 3.72. The molecule has 0 spiro atoms. The molecule has 6 heteroatoms. The van der Waals surface area contributed by atoms with Gasteiger partial charge in [0.05, 0.1) is 6.42 Å². The van der Waals surface area contributed by atoms with Gasteiger partial charge in [0.15, 0.2) is 5.69 Å². The molecule has 3 heterocycles. The molecule has 1 fully saturated rings. The van der Waals surface area contributed by atoms with Crippen LogP contribution in [0.4, 0.5) is 0 Å². The van der Waals surface area contributed by atoms with Crippen molar-refractivity contribution in [1.82, 2.24) is 19.6 Å². The summed E-state index contributed by atoms with van der Waals surface area (Å²) in [4.78, 5) is 29.0. The van der Waals surface area contributed by atoms with E-state index < -0.39 is 0 Å². The summed E-state index contributed by atoms with van der Waals surface area (Å²) in [5, 5.41) is 4.49. The van der Waals surface area contributed by atoms with Gasteiger partial charge >= 0.3 is 0 Å². The standard InChI is InChI=1S/C21H26N4O2/c1-16-5-4-6-17(13-16)14-20(26)23-9-11-24(12-10-23)21(27)19-15-18-7-2-3-8-25(18)22-19/h4-6,13,15H,2-3,7-12,14H2,1H3. The maximum atomic E-state index is 12.8. The maximum Gasteiger partial charge on any atom is 0.274 e. The van der Waals surface area contributed by atoms with Crippen molar-refractivity contribution in [2.75, 3.05) is 26.2 Å². The van der Waals surface area contributed by atoms with Crippen molar-refractivity contribution in [1.29, 1.82) is 0 Å². The van der Waals surface area contributed by atoms with E-state index in [4.69, 9.17) is 0 Å². The highest BCUT2D eigenvalue weighted by molar-refractivity contribution is 5.92. The molecule has 0 saturated carbocycles. The second-order valence-electron chi connectivity index (χ2n) is 7.54. The van der Waals surface area contributed by atoms with E-state index in [2.05, 4.69) is 11.2 Å². The summed E-state index contributed by atoms with van der Waals surface area (Å²) in [5.41, 5.74) is 3.92. The first-order valence-corrected chi connectivity index (χ1v) is 9.79. The number of hydrogen-bond acceptors (Lipinski definition) is 3. The number of carbonyl (C=O) groups excluding carboxylic acids is 2. The van der Waals surface area contributed by atoms with Crippen molar-refractivity contribution in [2.45, 2.75) is 39.2 Å². The van der Waals surface area contributed by atoms with E-state index in [0.717, 1.165) is 30.6 Å². The molecule has 27 heavy (non-hydrogen) atoms. The van der Waals surface area contributed by atoms with E-state index in [1.54, 1.807) is 0 Å². The topological polar surface area (TPSA) is 58.4 Å². The quantitative estimate of drug-likeness (QED) is 0.835. The Kier molecular flexibility index (Phi) is 4.97. The van der Waals surface area contributed by atoms with Crippen LogP contribution < -0.4 is 0 Å². The molecule has 0 unspecified atom stereocenters. The fourth-order valence-corrected chi connectivity index (χ4v) is 3.95. The van der Waals surface area contributed by atoms with Crippen LogP contribution in [0.15, 0.2) is 30.3 Å². The van der Waals surface area contributed by atoms with Gasteiger partial charge in [0.1, 0.15) is 0 Å². The summed E-state index contributed by atoms with van der Waals surface area (Å²) in [5.74, 6) is 0.118. The van der Waals surface area contributed by atoms with E-state index >= 15 is 0 Å². The number of fused-ring (bicyclic) bond motifs is 1. The summed E-state index contributed by atoms with van der Waals surface area (Å²) in [6.45, 7) is 5.25. The maximum absolute atomic E-state index is 12.8. The van der Waals surface area contributed by atoms with Gasteiger partial charge < -0.3 is 9.80 Å². The van der Waals surface area contributed by atoms with Crippen molar-refractivity contribution in [2.24, 2.45) is 0 Å². The van der Waals surface area contributed by atoms with Crippen LogP contribution in [-0.4, -0.2) is 57.6 Å². The number of aromatic nitrogens is 2. The zero-order valence-electron chi connectivity index (χ0n) is 15.9. The van der Waals surface area contributed by atoms with Crippen LogP contribution in [-0.2, 0) is 24.2 Å². The number of benzene rings is 1. The predicted molar refractivity (Wildman–Crippen MR) is 103 cm³/mol. The molecule has 142 valence electrons. The third-order valence-corrected chi connectivity index (χ3v) is 5.49. The highest BCUT2D eigenvalue weighted by Gasteiger charge is 2.27. The van der Waals surface area contributed by atoms with Crippen LogP contribution in [0.25, 0.3) is 0 Å². The van der Waals surface area contributed by atoms with Crippen LogP contribution in [0.3, 0.4) is 0 Å². The smallest absolute Gasteiger partial charge is 0.274 e. The minimum atomic E-state index is -0.0114. The molecule has 0 radical (unpaired) electrons. The van der Waals surface area contributed by atoms with Crippen LogP contribution >= 0.6 is 0 Å². The molecule has 2 aromatic rings. The number of hydrogen-bond donors (Lipinski definition) is 0. The SMILES string of the molecule is Cc1cccc(CC(=O)N2CCN(C(=O)c3cc4n(n3)CCCC4)CC2)c1. The Hall–Kier alpha value is -2.63. The summed E-state index contributed by atoms with van der Waals surface area (Å²) in [6, 6.07) is 10.0. The van der Waals surface area contributed by atoms with Crippen molar-refractivity contribution >= 4 is 11.8 Å². The number of carbonyl (C=O) groups is 2. The number of amides is 2. The van der Waals surface area contributed by atoms with Gasteiger partial charge in [-0.25, -0.2) is 0 Å². The molecular weight excluding hydrogens is 340 g/mol. The fourth-order valence-electron chi connectivity index (χ4n) is 3.95. The molecule has 6 nitrogen and oxygen atoms in total. The number of piperazine rings is 1. The van der Waals surface area contributed by atoms with Gasteiger partial charge in [0, 0.05) is 38.4 Å². The molecule has 0 N–H and O–H groups in total. The average molecular weight is 366 g/mol. The molecule has 1 aromatic heterocycles. The second-order valence-corrected chi connectivity index (χ2v) is 7.54. The van der Waals surface area contributed by atoms with Crippen molar-refractivity contribution in [3.63, 3.8) is 0 Å². The van der Waals surface area contributed by atoms with Crippen molar-refractivity contribution in [3.8, 4) is 0 Å². The van der Waals surface area contributed by atoms with E-state index in [1.165, 1.54) is 12.0 Å². The normalized spacial score (nSPS) is 16.9. The number of rotatable bonds is 3. The Bertz CT molecular complexity index is 826. The Balaban J connectivity index is 1.33. The largest absolute Gasteiger partial charge is 0.339 e. The predicted octanol–water partition coefficient (Wildman–Crippen LogP) is 2.05. The Morgan fingerprint density at radius 1 is 1.00 bits per heavy atom. The first kappa shape index (κ1) is 17.8. The van der Waals surface area contributed by atoms with Gasteiger partial charge in [-0.1, -0.05) is 29.8 Å². The molecule has 0 aliphatic carbocycles. The molecule has 2 aliphatic rings. The van der Waals surface area contributed by atoms with Crippen molar-refractivity contribution < 1.29 is 9.59 Å². The van der Waals surface area contributed by atoms with Crippen molar-refractivity contribution in [3.05, 3.63) is 52.8 Å². The van der Waals surface area contributed by atoms with Gasteiger partial charge in [-0.2, -0.15) is 5.10 Å². The molecule has 1 saturated heterocycles. The van der Waals surface area contributed by atoms with Gasteiger partial charge in [0.2, 0.25) is 5.91 Å². The van der Waals surface area contributed by atoms with Crippen LogP contribution in [0.2, 0.25) is 0 Å². The van der Waals surface area contributed by atoms with E-state index in [1.807, 2.05) is 45.7 Å². The van der Waals surface area contributed by atoms with E-state index in [9.17, 15) is 9.59 Å². The van der Waals surface area contributed by atoms with E-state index in [0.29, 0.717) is 38.3 Å². The molecule has 2 aliphatic heterocycles. The molecule has 0 bridgehead atoms. The molecule has 1 aromatic carbocycles. The lowest BCUT2D eigenvalue weighted by molar-refractivity contribution is -0.131. The zero-order valence-corrected chi connectivity index (χ0v) is 15.9. The van der Waals surface area contributed by atoms with Gasteiger partial charge in [-0.3, -0.25) is 14.3 Å². The Labute approximate surface area is 159 Å². The van der Waals surface area contributed by atoms with Gasteiger partial charge in [0.25, 0.3) is 5.91 Å².